The molecule has 5 rings (SSSR count). The number of hydrogen-bond acceptors (Lipinski definition) is 7. The minimum Gasteiger partial charge on any atom is -0.484 e. The molecule has 1 aliphatic heterocycles. The summed E-state index contributed by atoms with van der Waals surface area (Å²) < 4.78 is 11.2. The third-order valence-corrected chi connectivity index (χ3v) is 7.83. The van der Waals surface area contributed by atoms with Crippen LogP contribution in [0, 0.1) is 6.92 Å². The second-order valence-corrected chi connectivity index (χ2v) is 10.5. The summed E-state index contributed by atoms with van der Waals surface area (Å²) in [6.45, 7) is 4.18. The number of benzene rings is 2. The molecule has 0 saturated heterocycles. The van der Waals surface area contributed by atoms with Crippen molar-refractivity contribution < 1.29 is 19.1 Å². The van der Waals surface area contributed by atoms with Crippen molar-refractivity contribution in [1.29, 1.82) is 0 Å². The van der Waals surface area contributed by atoms with E-state index in [4.69, 9.17) is 20.8 Å². The van der Waals surface area contributed by atoms with E-state index in [-0.39, 0.29) is 12.4 Å². The van der Waals surface area contributed by atoms with Gasteiger partial charge in [0.2, 0.25) is 0 Å². The highest BCUT2D eigenvalue weighted by molar-refractivity contribution is 6.33. The monoisotopic (exact) mass is 523 g/mol. The molecule has 0 unspecified atom stereocenters. The third kappa shape index (κ3) is 6.35. The van der Waals surface area contributed by atoms with Gasteiger partial charge in [0, 0.05) is 43.3 Å². The van der Waals surface area contributed by atoms with Crippen LogP contribution in [0.5, 0.6) is 5.75 Å². The number of aromatic nitrogens is 1. The molecule has 0 spiro atoms. The number of rotatable bonds is 11. The Bertz CT molecular complexity index is 1240. The molecule has 1 saturated carbocycles. The predicted octanol–water partition coefficient (Wildman–Crippen LogP) is 5.56. The minimum atomic E-state index is -0.565. The second kappa shape index (κ2) is 11.7. The first kappa shape index (κ1) is 25.8. The summed E-state index contributed by atoms with van der Waals surface area (Å²) in [6, 6.07) is 12.2. The molecule has 0 radical (unpaired) electrons. The van der Waals surface area contributed by atoms with Crippen molar-refractivity contribution in [1.82, 2.24) is 9.88 Å². The van der Waals surface area contributed by atoms with E-state index in [1.54, 1.807) is 0 Å². The summed E-state index contributed by atoms with van der Waals surface area (Å²) in [7, 11) is 0. The van der Waals surface area contributed by atoms with E-state index in [2.05, 4.69) is 15.2 Å². The third-order valence-electron chi connectivity index (χ3n) is 7.41. The molecule has 196 valence electrons. The van der Waals surface area contributed by atoms with Crippen LogP contribution in [0.15, 0.2) is 47.2 Å². The first-order valence-electron chi connectivity index (χ1n) is 13.1. The topological polar surface area (TPSA) is 87.8 Å². The van der Waals surface area contributed by atoms with Crippen LogP contribution < -0.4 is 10.1 Å². The van der Waals surface area contributed by atoms with Crippen molar-refractivity contribution in [2.75, 3.05) is 18.4 Å². The van der Waals surface area contributed by atoms with Crippen LogP contribution >= 0.6 is 11.6 Å². The number of nitrogens with one attached hydrogen (secondary N) is 1. The zero-order valence-corrected chi connectivity index (χ0v) is 22.0. The predicted molar refractivity (Wildman–Crippen MR) is 143 cm³/mol. The Morgan fingerprint density at radius 2 is 2.19 bits per heavy atom. The number of halogens is 1. The summed E-state index contributed by atoms with van der Waals surface area (Å²) in [6.07, 6.45) is 6.04. The molecular weight excluding hydrogens is 490 g/mol. The van der Waals surface area contributed by atoms with Gasteiger partial charge in [-0.05, 0) is 68.4 Å². The zero-order chi connectivity index (χ0) is 25.8. The Labute approximate surface area is 222 Å². The van der Waals surface area contributed by atoms with Crippen LogP contribution in [0.3, 0.4) is 0 Å². The van der Waals surface area contributed by atoms with Gasteiger partial charge in [0.15, 0.2) is 17.9 Å². The molecule has 1 fully saturated rings. The largest absolute Gasteiger partial charge is 0.484 e. The number of oxazole rings is 1. The van der Waals surface area contributed by atoms with Gasteiger partial charge in [0.25, 0.3) is 0 Å². The number of ketones is 1. The van der Waals surface area contributed by atoms with Crippen molar-refractivity contribution >= 4 is 23.1 Å². The van der Waals surface area contributed by atoms with Gasteiger partial charge < -0.3 is 19.6 Å². The fourth-order valence-corrected chi connectivity index (χ4v) is 5.26. The Hall–Kier alpha value is -2.87. The van der Waals surface area contributed by atoms with Crippen LogP contribution in [0.25, 0.3) is 0 Å². The standard InChI is InChI=1S/C29H34ClN3O4/c1-19-28(37-18-31-19)17-36-27-11-8-21-15-33(13-12-25(21)29(27)30)16-24(34)9-10-26(35)20-4-2-7-23(14-20)32-22-5-3-6-22/h2,4,7-8,11,14,18,22,24,32,34H,3,5-6,9-10,12-13,15-17H2,1H3/t24-/m0/s1. The summed E-state index contributed by atoms with van der Waals surface area (Å²) >= 11 is 6.67. The highest BCUT2D eigenvalue weighted by Gasteiger charge is 2.23. The lowest BCUT2D eigenvalue weighted by Gasteiger charge is -2.31. The van der Waals surface area contributed by atoms with Gasteiger partial charge in [0.05, 0.1) is 16.8 Å². The van der Waals surface area contributed by atoms with Crippen molar-refractivity contribution in [3.05, 3.63) is 76.0 Å². The van der Waals surface area contributed by atoms with Crippen LogP contribution in [0.4, 0.5) is 5.69 Å². The molecule has 7 nitrogen and oxygen atoms in total. The number of Topliss-reactive ketones (excluding diaryl/α,β-unsaturated/α-hetero) is 1. The molecule has 2 heterocycles. The van der Waals surface area contributed by atoms with E-state index in [1.807, 2.05) is 43.3 Å². The summed E-state index contributed by atoms with van der Waals surface area (Å²) in [4.78, 5) is 19.1. The first-order valence-corrected chi connectivity index (χ1v) is 13.5. The van der Waals surface area contributed by atoms with E-state index in [1.165, 1.54) is 25.7 Å². The number of anilines is 1. The summed E-state index contributed by atoms with van der Waals surface area (Å²) in [5, 5.41) is 14.8. The smallest absolute Gasteiger partial charge is 0.181 e. The van der Waals surface area contributed by atoms with Gasteiger partial charge >= 0.3 is 0 Å². The summed E-state index contributed by atoms with van der Waals surface area (Å²) in [5.41, 5.74) is 4.74. The van der Waals surface area contributed by atoms with Crippen LogP contribution in [-0.4, -0.2) is 46.0 Å². The number of ether oxygens (including phenoxy) is 1. The number of hydrogen-bond donors (Lipinski definition) is 2. The Morgan fingerprint density at radius 3 is 2.95 bits per heavy atom. The number of carbonyl (C=O) groups excluding carboxylic acids is 1. The zero-order valence-electron chi connectivity index (χ0n) is 21.2. The van der Waals surface area contributed by atoms with Gasteiger partial charge in [-0.15, -0.1) is 0 Å². The lowest BCUT2D eigenvalue weighted by molar-refractivity contribution is 0.0836. The average molecular weight is 524 g/mol. The van der Waals surface area contributed by atoms with E-state index in [0.29, 0.717) is 54.1 Å². The molecule has 0 amide bonds. The Kier molecular flexibility index (Phi) is 8.13. The minimum absolute atomic E-state index is 0.0696. The molecule has 8 heteroatoms. The molecule has 1 aliphatic carbocycles. The molecule has 2 aromatic carbocycles. The fourth-order valence-electron chi connectivity index (χ4n) is 4.93. The quantitative estimate of drug-likeness (QED) is 0.318. The van der Waals surface area contributed by atoms with Crippen LogP contribution in [-0.2, 0) is 19.6 Å². The fraction of sp³-hybridized carbons (Fsp3) is 0.448. The second-order valence-electron chi connectivity index (χ2n) is 10.1. The summed E-state index contributed by atoms with van der Waals surface area (Å²) in [5.74, 6) is 1.39. The highest BCUT2D eigenvalue weighted by atomic mass is 35.5. The van der Waals surface area contributed by atoms with Crippen molar-refractivity contribution in [3.63, 3.8) is 0 Å². The molecule has 0 bridgehead atoms. The molecule has 2 aliphatic rings. The van der Waals surface area contributed by atoms with Gasteiger partial charge in [-0.1, -0.05) is 29.8 Å². The number of aliphatic hydroxyl groups excluding tert-OH is 1. The van der Waals surface area contributed by atoms with Crippen LogP contribution in [0.2, 0.25) is 5.02 Å². The number of aryl methyl sites for hydroxylation is 1. The van der Waals surface area contributed by atoms with Crippen molar-refractivity contribution in [2.24, 2.45) is 0 Å². The molecule has 2 N–H and O–H groups in total. The first-order chi connectivity index (χ1) is 18.0. The molecule has 1 atom stereocenters. The number of β-amino-alcohol motifs (C(OH)–C–C–N with tert-alkyl or cyclic N) is 1. The van der Waals surface area contributed by atoms with E-state index >= 15 is 0 Å². The normalized spacial score (nSPS) is 16.6. The molecular formula is C29H34ClN3O4. The van der Waals surface area contributed by atoms with E-state index in [0.717, 1.165) is 35.5 Å². The number of carbonyl (C=O) groups is 1. The highest BCUT2D eigenvalue weighted by Crippen LogP contribution is 2.35. The number of nitrogens with zero attached hydrogens (tertiary/aromatic N) is 2. The Morgan fingerprint density at radius 1 is 1.32 bits per heavy atom. The SMILES string of the molecule is Cc1ncoc1COc1ccc2c(c1Cl)CCN(C[C@@H](O)CCC(=O)c1cccc(NC3CCC3)c1)C2. The molecule has 1 aromatic heterocycles. The van der Waals surface area contributed by atoms with Crippen molar-refractivity contribution in [2.45, 2.75) is 70.7 Å². The lowest BCUT2D eigenvalue weighted by Crippen LogP contribution is -2.37. The molecule has 3 aromatic rings. The Balaban J connectivity index is 1.10. The van der Waals surface area contributed by atoms with Gasteiger partial charge in [-0.3, -0.25) is 9.69 Å². The maximum atomic E-state index is 12.8. The maximum absolute atomic E-state index is 12.8. The average Bonchev–Trinajstić information content (AvgIpc) is 3.29. The van der Waals surface area contributed by atoms with E-state index < -0.39 is 6.10 Å². The van der Waals surface area contributed by atoms with Crippen LogP contribution in [0.1, 0.15) is 65.0 Å². The molecule has 37 heavy (non-hydrogen) atoms. The van der Waals surface area contributed by atoms with Gasteiger partial charge in [0.1, 0.15) is 12.4 Å². The lowest BCUT2D eigenvalue weighted by atomic mass is 9.93. The van der Waals surface area contributed by atoms with Crippen molar-refractivity contribution in [3.8, 4) is 5.75 Å². The van der Waals surface area contributed by atoms with E-state index in [9.17, 15) is 9.90 Å². The number of aliphatic hydroxyl groups is 1. The van der Waals surface area contributed by atoms with Gasteiger partial charge in [-0.25, -0.2) is 4.98 Å². The maximum Gasteiger partial charge on any atom is 0.181 e. The number of fused-ring (bicyclic) bond motifs is 1. The van der Waals surface area contributed by atoms with Gasteiger partial charge in [-0.2, -0.15) is 0 Å².